The molecule has 0 N–H and O–H groups in total. The van der Waals surface area contributed by atoms with Gasteiger partial charge in [-0.15, -0.1) is 12.3 Å². The summed E-state index contributed by atoms with van der Waals surface area (Å²) in [4.78, 5) is 2.68. The Labute approximate surface area is 116 Å². The molecule has 0 unspecified atom stereocenters. The standard InChI is InChI=1S/C16H33NSi/c1-4-14-18(6-3,15-5-2)16-10-13-17-11-8-7-9-12-17/h6H,3-5,7-16H2,1-2H3. The lowest BCUT2D eigenvalue weighted by Crippen LogP contribution is -2.35. The minimum atomic E-state index is -1.12. The lowest BCUT2D eigenvalue weighted by Gasteiger charge is -2.31. The number of hydrogen-bond acceptors (Lipinski definition) is 1. The summed E-state index contributed by atoms with van der Waals surface area (Å²) in [5.74, 6) is 0. The van der Waals surface area contributed by atoms with Gasteiger partial charge in [-0.25, -0.2) is 0 Å². The third kappa shape index (κ3) is 5.27. The molecule has 0 aliphatic carbocycles. The van der Waals surface area contributed by atoms with Crippen molar-refractivity contribution < 1.29 is 0 Å². The van der Waals surface area contributed by atoms with E-state index in [2.05, 4.69) is 31.0 Å². The van der Waals surface area contributed by atoms with Gasteiger partial charge in [0.15, 0.2) is 0 Å². The maximum atomic E-state index is 4.18. The fourth-order valence-electron chi connectivity index (χ4n) is 3.51. The van der Waals surface area contributed by atoms with Gasteiger partial charge < -0.3 is 4.90 Å². The van der Waals surface area contributed by atoms with Crippen LogP contribution in [0.15, 0.2) is 12.3 Å². The summed E-state index contributed by atoms with van der Waals surface area (Å²) in [6.07, 6.45) is 8.41. The zero-order valence-corrected chi connectivity index (χ0v) is 13.7. The number of nitrogens with zero attached hydrogens (tertiary/aromatic N) is 1. The second kappa shape index (κ2) is 8.92. The molecule has 0 aromatic rings. The number of hydrogen-bond donors (Lipinski definition) is 0. The fourth-order valence-corrected chi connectivity index (χ4v) is 7.73. The number of rotatable bonds is 9. The minimum absolute atomic E-state index is 1.12. The van der Waals surface area contributed by atoms with Crippen molar-refractivity contribution in [3.63, 3.8) is 0 Å². The van der Waals surface area contributed by atoms with Crippen LogP contribution in [-0.4, -0.2) is 32.6 Å². The van der Waals surface area contributed by atoms with Gasteiger partial charge in [0.25, 0.3) is 0 Å². The normalized spacial score (nSPS) is 17.9. The number of piperidine rings is 1. The highest BCUT2D eigenvalue weighted by Gasteiger charge is 2.26. The Morgan fingerprint density at radius 3 is 2.11 bits per heavy atom. The van der Waals surface area contributed by atoms with Crippen LogP contribution < -0.4 is 0 Å². The first kappa shape index (κ1) is 16.0. The van der Waals surface area contributed by atoms with Crippen molar-refractivity contribution in [3.8, 4) is 0 Å². The first-order valence-corrected chi connectivity index (χ1v) is 10.8. The van der Waals surface area contributed by atoms with Crippen LogP contribution in [0.25, 0.3) is 0 Å². The van der Waals surface area contributed by atoms with Crippen molar-refractivity contribution >= 4 is 8.07 Å². The third-order valence-electron chi connectivity index (χ3n) is 4.53. The Morgan fingerprint density at radius 2 is 1.61 bits per heavy atom. The zero-order valence-electron chi connectivity index (χ0n) is 12.7. The van der Waals surface area contributed by atoms with E-state index >= 15 is 0 Å². The highest BCUT2D eigenvalue weighted by molar-refractivity contribution is 6.84. The Kier molecular flexibility index (Phi) is 7.92. The van der Waals surface area contributed by atoms with Crippen molar-refractivity contribution in [2.45, 2.75) is 70.5 Å². The van der Waals surface area contributed by atoms with Gasteiger partial charge in [-0.3, -0.25) is 0 Å². The second-order valence-corrected chi connectivity index (χ2v) is 10.7. The lowest BCUT2D eigenvalue weighted by atomic mass is 10.1. The molecule has 1 saturated heterocycles. The molecule has 1 heterocycles. The smallest absolute Gasteiger partial charge is 0.0770 e. The molecule has 0 amide bonds. The minimum Gasteiger partial charge on any atom is -0.303 e. The van der Waals surface area contributed by atoms with Crippen LogP contribution in [0.4, 0.5) is 0 Å². The highest BCUT2D eigenvalue weighted by atomic mass is 28.3. The summed E-state index contributed by atoms with van der Waals surface area (Å²) in [7, 11) is -1.12. The van der Waals surface area contributed by atoms with Crippen molar-refractivity contribution in [1.29, 1.82) is 0 Å². The molecule has 0 bridgehead atoms. The molecule has 0 atom stereocenters. The molecule has 18 heavy (non-hydrogen) atoms. The van der Waals surface area contributed by atoms with Crippen molar-refractivity contribution in [1.82, 2.24) is 4.90 Å². The largest absolute Gasteiger partial charge is 0.303 e. The maximum Gasteiger partial charge on any atom is 0.0770 e. The van der Waals surface area contributed by atoms with Gasteiger partial charge in [0.1, 0.15) is 0 Å². The summed E-state index contributed by atoms with van der Waals surface area (Å²) in [5.41, 5.74) is 2.40. The molecule has 1 nitrogen and oxygen atoms in total. The molecule has 0 radical (unpaired) electrons. The summed E-state index contributed by atoms with van der Waals surface area (Å²) < 4.78 is 0. The third-order valence-corrected chi connectivity index (χ3v) is 9.73. The molecule has 0 saturated carbocycles. The Hall–Kier alpha value is -0.0831. The average Bonchev–Trinajstić information content (AvgIpc) is 2.40. The molecule has 1 aliphatic rings. The van der Waals surface area contributed by atoms with Crippen LogP contribution >= 0.6 is 0 Å². The molecule has 1 fully saturated rings. The second-order valence-electron chi connectivity index (χ2n) is 6.07. The molecule has 2 heteroatoms. The lowest BCUT2D eigenvalue weighted by molar-refractivity contribution is 0.229. The van der Waals surface area contributed by atoms with Crippen LogP contribution in [0.3, 0.4) is 0 Å². The van der Waals surface area contributed by atoms with E-state index < -0.39 is 8.07 Å². The van der Waals surface area contributed by atoms with E-state index in [1.165, 1.54) is 76.3 Å². The van der Waals surface area contributed by atoms with E-state index in [-0.39, 0.29) is 0 Å². The van der Waals surface area contributed by atoms with Gasteiger partial charge in [0.05, 0.1) is 8.07 Å². The van der Waals surface area contributed by atoms with Gasteiger partial charge >= 0.3 is 0 Å². The summed E-state index contributed by atoms with van der Waals surface area (Å²) >= 11 is 0. The van der Waals surface area contributed by atoms with Crippen LogP contribution in [-0.2, 0) is 0 Å². The van der Waals surface area contributed by atoms with Crippen LogP contribution in [0.1, 0.15) is 52.4 Å². The van der Waals surface area contributed by atoms with E-state index in [1.807, 2.05) is 0 Å². The first-order valence-electron chi connectivity index (χ1n) is 8.12. The summed E-state index contributed by atoms with van der Waals surface area (Å²) in [5, 5.41) is 0. The molecule has 1 rings (SSSR count). The van der Waals surface area contributed by atoms with E-state index in [1.54, 1.807) is 0 Å². The SMILES string of the molecule is C=C[Si](CCC)(CCC)CCCN1CCCCC1. The van der Waals surface area contributed by atoms with E-state index in [9.17, 15) is 0 Å². The maximum absolute atomic E-state index is 4.18. The molecule has 106 valence electrons. The van der Waals surface area contributed by atoms with Crippen molar-refractivity contribution in [3.05, 3.63) is 12.3 Å². The van der Waals surface area contributed by atoms with E-state index in [0.29, 0.717) is 0 Å². The van der Waals surface area contributed by atoms with Gasteiger partial charge in [-0.1, -0.05) is 51.2 Å². The molecule has 1 aliphatic heterocycles. The van der Waals surface area contributed by atoms with E-state index in [0.717, 1.165) is 0 Å². The number of likely N-dealkylation sites (tertiary alicyclic amines) is 1. The zero-order chi connectivity index (χ0) is 13.3. The highest BCUT2D eigenvalue weighted by Crippen LogP contribution is 2.27. The Morgan fingerprint density at radius 1 is 1.00 bits per heavy atom. The predicted octanol–water partition coefficient (Wildman–Crippen LogP) is 4.86. The topological polar surface area (TPSA) is 3.24 Å². The summed E-state index contributed by atoms with van der Waals surface area (Å²) in [6.45, 7) is 12.9. The molecule has 0 aromatic heterocycles. The molecular weight excluding hydrogens is 234 g/mol. The van der Waals surface area contributed by atoms with E-state index in [4.69, 9.17) is 0 Å². The Bertz CT molecular complexity index is 215. The average molecular weight is 268 g/mol. The first-order chi connectivity index (χ1) is 8.76. The molecule has 0 aromatic carbocycles. The van der Waals surface area contributed by atoms with Crippen LogP contribution in [0.5, 0.6) is 0 Å². The van der Waals surface area contributed by atoms with Crippen molar-refractivity contribution in [2.24, 2.45) is 0 Å². The van der Waals surface area contributed by atoms with Crippen LogP contribution in [0, 0.1) is 0 Å². The monoisotopic (exact) mass is 267 g/mol. The predicted molar refractivity (Wildman–Crippen MR) is 85.9 cm³/mol. The Balaban J connectivity index is 2.33. The van der Waals surface area contributed by atoms with Gasteiger partial charge in [0.2, 0.25) is 0 Å². The van der Waals surface area contributed by atoms with Gasteiger partial charge in [-0.05, 0) is 38.9 Å². The van der Waals surface area contributed by atoms with Crippen LogP contribution in [0.2, 0.25) is 18.1 Å². The van der Waals surface area contributed by atoms with Gasteiger partial charge in [-0.2, -0.15) is 0 Å². The molecule has 0 spiro atoms. The van der Waals surface area contributed by atoms with Crippen molar-refractivity contribution in [2.75, 3.05) is 19.6 Å². The summed E-state index contributed by atoms with van der Waals surface area (Å²) in [6, 6.07) is 4.41. The fraction of sp³-hybridized carbons (Fsp3) is 0.875. The van der Waals surface area contributed by atoms with Gasteiger partial charge in [0, 0.05) is 0 Å². The molecular formula is C16H33NSi. The quantitative estimate of drug-likeness (QED) is 0.539.